The van der Waals surface area contributed by atoms with Gasteiger partial charge in [-0.05, 0) is 61.5 Å². The Hall–Kier alpha value is -4.39. The zero-order valence-electron chi connectivity index (χ0n) is 20.4. The number of hydrogen-bond acceptors (Lipinski definition) is 7. The van der Waals surface area contributed by atoms with Crippen molar-refractivity contribution in [2.45, 2.75) is 25.2 Å². The number of rotatable bonds is 8. The topological polar surface area (TPSA) is 104 Å². The van der Waals surface area contributed by atoms with Crippen LogP contribution in [0.25, 0.3) is 5.52 Å². The molecule has 1 saturated heterocycles. The maximum Gasteiger partial charge on any atom is 0.253 e. The van der Waals surface area contributed by atoms with E-state index in [-0.39, 0.29) is 18.2 Å². The summed E-state index contributed by atoms with van der Waals surface area (Å²) in [6.07, 6.45) is 3.05. The van der Waals surface area contributed by atoms with Crippen LogP contribution in [0.15, 0.2) is 85.2 Å². The first-order valence-electron chi connectivity index (χ1n) is 12.2. The molecule has 1 amide bonds. The Labute approximate surface area is 215 Å². The van der Waals surface area contributed by atoms with Gasteiger partial charge in [0.05, 0.1) is 29.8 Å². The number of anilines is 1. The van der Waals surface area contributed by atoms with Crippen LogP contribution >= 0.6 is 0 Å². The first-order valence-corrected chi connectivity index (χ1v) is 12.2. The number of morpholine rings is 1. The number of nitriles is 1. The summed E-state index contributed by atoms with van der Waals surface area (Å²) in [5.74, 6) is 1.23. The minimum atomic E-state index is -0.668. The molecule has 0 bridgehead atoms. The van der Waals surface area contributed by atoms with Crippen LogP contribution in [0.4, 0.5) is 5.69 Å². The third-order valence-electron chi connectivity index (χ3n) is 6.35. The molecular formula is C28H28N6O3. The molecule has 0 spiro atoms. The van der Waals surface area contributed by atoms with Crippen molar-refractivity contribution in [3.8, 4) is 17.6 Å². The van der Waals surface area contributed by atoms with Gasteiger partial charge in [0, 0.05) is 31.2 Å². The second-order valence-corrected chi connectivity index (χ2v) is 8.89. The lowest BCUT2D eigenvalue weighted by Crippen LogP contribution is -2.56. The highest BCUT2D eigenvalue weighted by Crippen LogP contribution is 2.24. The van der Waals surface area contributed by atoms with Crippen LogP contribution in [0, 0.1) is 11.3 Å². The van der Waals surface area contributed by atoms with Gasteiger partial charge in [0.15, 0.2) is 0 Å². The van der Waals surface area contributed by atoms with Gasteiger partial charge in [0.1, 0.15) is 23.8 Å². The smallest absolute Gasteiger partial charge is 0.253 e. The maximum atomic E-state index is 12.8. The molecule has 9 heteroatoms. The van der Waals surface area contributed by atoms with E-state index in [0.29, 0.717) is 25.3 Å². The predicted octanol–water partition coefficient (Wildman–Crippen LogP) is 3.91. The molecule has 5 rings (SSSR count). The van der Waals surface area contributed by atoms with Crippen LogP contribution in [-0.2, 0) is 4.74 Å². The van der Waals surface area contributed by atoms with Crippen LogP contribution < -0.4 is 15.4 Å². The Bertz CT molecular complexity index is 1350. The average Bonchev–Trinajstić information content (AvgIpc) is 3.37. The van der Waals surface area contributed by atoms with E-state index in [9.17, 15) is 10.1 Å². The van der Waals surface area contributed by atoms with E-state index in [2.05, 4.69) is 26.7 Å². The number of nitrogens with zero attached hydrogens (tertiary/aromatic N) is 4. The van der Waals surface area contributed by atoms with Crippen molar-refractivity contribution in [2.75, 3.05) is 25.0 Å². The molecule has 2 aromatic carbocycles. The lowest BCUT2D eigenvalue weighted by atomic mass is 10.1. The van der Waals surface area contributed by atoms with Gasteiger partial charge < -0.3 is 20.1 Å². The zero-order chi connectivity index (χ0) is 25.6. The van der Waals surface area contributed by atoms with Gasteiger partial charge in [0.2, 0.25) is 0 Å². The highest BCUT2D eigenvalue weighted by atomic mass is 16.5. The number of aromatic nitrogens is 2. The number of carbonyl (C=O) groups is 1. The highest BCUT2D eigenvalue weighted by Gasteiger charge is 2.31. The predicted molar refractivity (Wildman–Crippen MR) is 139 cm³/mol. The summed E-state index contributed by atoms with van der Waals surface area (Å²) in [6, 6.07) is 24.3. The van der Waals surface area contributed by atoms with E-state index >= 15 is 0 Å². The van der Waals surface area contributed by atoms with E-state index in [1.807, 2.05) is 73.7 Å². The van der Waals surface area contributed by atoms with Gasteiger partial charge in [-0.3, -0.25) is 9.69 Å². The molecule has 37 heavy (non-hydrogen) atoms. The quantitative estimate of drug-likeness (QED) is 0.381. The van der Waals surface area contributed by atoms with Crippen LogP contribution in [0.3, 0.4) is 0 Å². The van der Waals surface area contributed by atoms with Gasteiger partial charge in [-0.25, -0.2) is 4.52 Å². The Kier molecular flexibility index (Phi) is 7.31. The third kappa shape index (κ3) is 5.89. The number of benzene rings is 2. The number of para-hydroxylation sites is 1. The van der Waals surface area contributed by atoms with Crippen molar-refractivity contribution in [3.05, 3.63) is 90.8 Å². The molecule has 0 aliphatic carbocycles. The molecule has 1 aliphatic rings. The molecule has 1 aliphatic heterocycles. The van der Waals surface area contributed by atoms with Crippen molar-refractivity contribution in [1.29, 1.82) is 5.26 Å². The van der Waals surface area contributed by atoms with Crippen molar-refractivity contribution >= 4 is 17.1 Å². The zero-order valence-corrected chi connectivity index (χ0v) is 20.4. The standard InChI is InChI=1S/C28H28N6O3/c1-20-28(32-22-9-11-26(12-10-22)37-25-7-3-2-4-8-25)36-15-14-33(20)19-23(17-29)31-27(35)21-16-24-6-5-13-30-34(24)18-21/h2-13,16,18,20,23,28,32H,14-15,19H2,1H3,(H,31,35). The molecule has 0 radical (unpaired) electrons. The number of carbonyl (C=O) groups excluding carboxylic acids is 1. The highest BCUT2D eigenvalue weighted by molar-refractivity contribution is 5.95. The van der Waals surface area contributed by atoms with E-state index in [0.717, 1.165) is 22.7 Å². The molecule has 0 saturated carbocycles. The SMILES string of the molecule is CC1C(Nc2ccc(Oc3ccccc3)cc2)OCCN1CC(C#N)NC(=O)c1cc2cccnn2c1. The second-order valence-electron chi connectivity index (χ2n) is 8.89. The molecule has 4 aromatic rings. The van der Waals surface area contributed by atoms with Crippen LogP contribution in [0.5, 0.6) is 11.5 Å². The average molecular weight is 497 g/mol. The summed E-state index contributed by atoms with van der Waals surface area (Å²) in [6.45, 7) is 3.61. The summed E-state index contributed by atoms with van der Waals surface area (Å²) in [5.41, 5.74) is 2.18. The molecule has 3 unspecified atom stereocenters. The third-order valence-corrected chi connectivity index (χ3v) is 6.35. The van der Waals surface area contributed by atoms with Gasteiger partial charge in [0.25, 0.3) is 5.91 Å². The molecule has 3 atom stereocenters. The summed E-state index contributed by atoms with van der Waals surface area (Å²) in [5, 5.41) is 20.2. The molecule has 2 aromatic heterocycles. The Morgan fingerprint density at radius 3 is 2.70 bits per heavy atom. The molecule has 1 fully saturated rings. The summed E-state index contributed by atoms with van der Waals surface area (Å²) >= 11 is 0. The fraction of sp³-hybridized carbons (Fsp3) is 0.250. The fourth-order valence-electron chi connectivity index (χ4n) is 4.32. The largest absolute Gasteiger partial charge is 0.457 e. The van der Waals surface area contributed by atoms with Crippen LogP contribution in [0.1, 0.15) is 17.3 Å². The van der Waals surface area contributed by atoms with Crippen molar-refractivity contribution < 1.29 is 14.3 Å². The molecule has 188 valence electrons. The Morgan fingerprint density at radius 2 is 1.95 bits per heavy atom. The normalized spacial score (nSPS) is 18.6. The number of amides is 1. The number of ether oxygens (including phenoxy) is 2. The van der Waals surface area contributed by atoms with Gasteiger partial charge in [-0.15, -0.1) is 0 Å². The lowest BCUT2D eigenvalue weighted by Gasteiger charge is -2.40. The van der Waals surface area contributed by atoms with Gasteiger partial charge >= 0.3 is 0 Å². The van der Waals surface area contributed by atoms with E-state index in [4.69, 9.17) is 9.47 Å². The number of fused-ring (bicyclic) bond motifs is 1. The summed E-state index contributed by atoms with van der Waals surface area (Å²) in [4.78, 5) is 14.9. The Balaban J connectivity index is 1.17. The van der Waals surface area contributed by atoms with Crippen molar-refractivity contribution in [1.82, 2.24) is 19.8 Å². The maximum absolute atomic E-state index is 12.8. The van der Waals surface area contributed by atoms with Crippen molar-refractivity contribution in [3.63, 3.8) is 0 Å². The molecular weight excluding hydrogens is 468 g/mol. The fourth-order valence-corrected chi connectivity index (χ4v) is 4.32. The van der Waals surface area contributed by atoms with Gasteiger partial charge in [-0.1, -0.05) is 18.2 Å². The van der Waals surface area contributed by atoms with E-state index in [1.165, 1.54) is 0 Å². The Morgan fingerprint density at radius 1 is 1.16 bits per heavy atom. The summed E-state index contributed by atoms with van der Waals surface area (Å²) < 4.78 is 13.5. The van der Waals surface area contributed by atoms with E-state index in [1.54, 1.807) is 23.0 Å². The number of nitrogens with one attached hydrogen (secondary N) is 2. The second kappa shape index (κ2) is 11.1. The number of hydrogen-bond donors (Lipinski definition) is 2. The monoisotopic (exact) mass is 496 g/mol. The first-order chi connectivity index (χ1) is 18.1. The summed E-state index contributed by atoms with van der Waals surface area (Å²) in [7, 11) is 0. The minimum Gasteiger partial charge on any atom is -0.457 e. The van der Waals surface area contributed by atoms with Crippen LogP contribution in [-0.4, -0.2) is 58.4 Å². The molecule has 2 N–H and O–H groups in total. The van der Waals surface area contributed by atoms with Crippen molar-refractivity contribution in [2.24, 2.45) is 0 Å². The lowest BCUT2D eigenvalue weighted by molar-refractivity contribution is -0.0513. The minimum absolute atomic E-state index is 0.0250. The molecule has 3 heterocycles. The van der Waals surface area contributed by atoms with Crippen LogP contribution in [0.2, 0.25) is 0 Å². The van der Waals surface area contributed by atoms with Gasteiger partial charge in [-0.2, -0.15) is 10.4 Å². The van der Waals surface area contributed by atoms with E-state index < -0.39 is 6.04 Å². The first kappa shape index (κ1) is 24.3. The molecule has 9 nitrogen and oxygen atoms in total.